The summed E-state index contributed by atoms with van der Waals surface area (Å²) in [4.78, 5) is 29.2. The van der Waals surface area contributed by atoms with Gasteiger partial charge in [-0.1, -0.05) is 12.1 Å². The van der Waals surface area contributed by atoms with Crippen LogP contribution in [-0.4, -0.2) is 65.4 Å². The van der Waals surface area contributed by atoms with Crippen molar-refractivity contribution >= 4 is 17.7 Å². The average Bonchev–Trinajstić information content (AvgIpc) is 3.16. The normalized spacial score (nSPS) is 17.4. The molecule has 2 aromatic rings. The largest absolute Gasteiger partial charge is 0.497 e. The summed E-state index contributed by atoms with van der Waals surface area (Å²) in [6.45, 7) is 9.35. The monoisotopic (exact) mass is 468 g/mol. The van der Waals surface area contributed by atoms with Crippen molar-refractivity contribution in [2.75, 3.05) is 38.2 Å². The van der Waals surface area contributed by atoms with Crippen molar-refractivity contribution in [1.82, 2.24) is 14.7 Å². The molecule has 1 aromatic heterocycles. The Balaban J connectivity index is 1.41. The molecule has 1 amide bonds. The van der Waals surface area contributed by atoms with E-state index in [4.69, 9.17) is 14.6 Å². The second kappa shape index (κ2) is 10.1. The van der Waals surface area contributed by atoms with Gasteiger partial charge in [-0.25, -0.2) is 4.79 Å². The molecule has 1 saturated heterocycles. The molecule has 4 rings (SSSR count). The quantitative estimate of drug-likeness (QED) is 0.649. The third kappa shape index (κ3) is 5.90. The number of fused-ring (bicyclic) bond motifs is 1. The summed E-state index contributed by atoms with van der Waals surface area (Å²) in [6, 6.07) is 7.91. The van der Waals surface area contributed by atoms with Gasteiger partial charge in [0.25, 0.3) is 0 Å². The molecule has 8 heteroatoms. The Morgan fingerprint density at radius 1 is 1.12 bits per heavy atom. The Bertz CT molecular complexity index is 1000. The zero-order valence-corrected chi connectivity index (χ0v) is 20.7. The Hall–Kier alpha value is -3.03. The number of hydrogen-bond donors (Lipinski definition) is 0. The lowest BCUT2D eigenvalue weighted by atomic mass is 9.96. The van der Waals surface area contributed by atoms with Gasteiger partial charge in [0.2, 0.25) is 0 Å². The van der Waals surface area contributed by atoms with E-state index in [2.05, 4.69) is 4.90 Å². The minimum atomic E-state index is -0.479. The third-order valence-electron chi connectivity index (χ3n) is 6.42. The minimum absolute atomic E-state index is 0.165. The van der Waals surface area contributed by atoms with Crippen LogP contribution in [0, 0.1) is 5.92 Å². The number of likely N-dealkylation sites (tertiary alicyclic amines) is 1. The van der Waals surface area contributed by atoms with E-state index < -0.39 is 5.60 Å². The molecule has 0 saturated carbocycles. The van der Waals surface area contributed by atoms with Crippen LogP contribution in [0.25, 0.3) is 0 Å². The van der Waals surface area contributed by atoms with E-state index in [0.29, 0.717) is 32.0 Å². The number of amides is 1. The van der Waals surface area contributed by atoms with Crippen molar-refractivity contribution in [1.29, 1.82) is 0 Å². The van der Waals surface area contributed by atoms with Crippen LogP contribution in [0.4, 0.5) is 10.6 Å². The molecule has 3 heterocycles. The number of rotatable bonds is 5. The van der Waals surface area contributed by atoms with Gasteiger partial charge in [-0.05, 0) is 63.6 Å². The Kier molecular flexibility index (Phi) is 7.14. The van der Waals surface area contributed by atoms with Crippen LogP contribution in [0.15, 0.2) is 30.5 Å². The number of nitrogens with zero attached hydrogens (tertiary/aromatic N) is 4. The summed E-state index contributed by atoms with van der Waals surface area (Å²) in [6.07, 6.45) is 4.90. The number of carbonyl (C=O) groups is 2. The van der Waals surface area contributed by atoms with Gasteiger partial charge in [-0.3, -0.25) is 9.48 Å². The first-order chi connectivity index (χ1) is 16.2. The highest BCUT2D eigenvalue weighted by Crippen LogP contribution is 2.29. The van der Waals surface area contributed by atoms with Crippen LogP contribution in [0.1, 0.15) is 62.4 Å². The Morgan fingerprint density at radius 2 is 1.82 bits per heavy atom. The molecule has 0 atom stereocenters. The van der Waals surface area contributed by atoms with Crippen LogP contribution >= 0.6 is 0 Å². The predicted molar refractivity (Wildman–Crippen MR) is 131 cm³/mol. The fraction of sp³-hybridized carbons (Fsp3) is 0.577. The number of Topliss-reactive ketones (excluding diaryl/α,β-unsaturated/α-hetero) is 1. The number of methoxy groups -OCH3 is 1. The highest BCUT2D eigenvalue weighted by molar-refractivity contribution is 6.01. The lowest BCUT2D eigenvalue weighted by molar-refractivity contribution is 0.0186. The lowest BCUT2D eigenvalue weighted by Gasteiger charge is -2.35. The first-order valence-electron chi connectivity index (χ1n) is 12.2. The number of anilines is 1. The van der Waals surface area contributed by atoms with E-state index in [0.717, 1.165) is 55.0 Å². The first kappa shape index (κ1) is 24.1. The number of carbonyl (C=O) groups excluding carboxylic acids is 2. The smallest absolute Gasteiger partial charge is 0.410 e. The molecule has 34 heavy (non-hydrogen) atoms. The summed E-state index contributed by atoms with van der Waals surface area (Å²) < 4.78 is 12.6. The lowest BCUT2D eigenvalue weighted by Crippen LogP contribution is -2.44. The van der Waals surface area contributed by atoms with Gasteiger partial charge < -0.3 is 19.3 Å². The Morgan fingerprint density at radius 3 is 2.47 bits per heavy atom. The molecule has 2 aliphatic rings. The Labute approximate surface area is 201 Å². The number of ketones is 1. The molecule has 0 spiro atoms. The summed E-state index contributed by atoms with van der Waals surface area (Å²) in [5.41, 5.74) is 1.34. The SMILES string of the molecule is COc1ccc(Cn2cc3c(n2)N(CC2CCN(C(=O)OC(C)(C)C)CC2)CCCC3=O)cc1. The van der Waals surface area contributed by atoms with Gasteiger partial charge in [0, 0.05) is 38.8 Å². The topological polar surface area (TPSA) is 76.9 Å². The summed E-state index contributed by atoms with van der Waals surface area (Å²) in [7, 11) is 1.65. The molecule has 184 valence electrons. The van der Waals surface area contributed by atoms with Gasteiger partial charge in [-0.2, -0.15) is 5.10 Å². The number of ether oxygens (including phenoxy) is 2. The van der Waals surface area contributed by atoms with Gasteiger partial charge in [0.1, 0.15) is 11.4 Å². The second-order valence-electron chi connectivity index (χ2n) is 10.3. The van der Waals surface area contributed by atoms with Crippen molar-refractivity contribution in [3.63, 3.8) is 0 Å². The average molecular weight is 469 g/mol. The molecule has 0 radical (unpaired) electrons. The molecule has 2 aliphatic heterocycles. The van der Waals surface area contributed by atoms with Crippen molar-refractivity contribution < 1.29 is 19.1 Å². The maximum atomic E-state index is 12.8. The van der Waals surface area contributed by atoms with Crippen molar-refractivity contribution in [3.05, 3.63) is 41.6 Å². The van der Waals surface area contributed by atoms with E-state index in [1.807, 2.05) is 60.8 Å². The van der Waals surface area contributed by atoms with Gasteiger partial charge in [0.05, 0.1) is 19.2 Å². The molecule has 0 aliphatic carbocycles. The maximum absolute atomic E-state index is 12.8. The van der Waals surface area contributed by atoms with Crippen molar-refractivity contribution in [2.24, 2.45) is 5.92 Å². The first-order valence-corrected chi connectivity index (χ1v) is 12.2. The second-order valence-corrected chi connectivity index (χ2v) is 10.3. The molecule has 1 aromatic carbocycles. The summed E-state index contributed by atoms with van der Waals surface area (Å²) >= 11 is 0. The minimum Gasteiger partial charge on any atom is -0.497 e. The molecular weight excluding hydrogens is 432 g/mol. The molecule has 0 bridgehead atoms. The van der Waals surface area contributed by atoms with Crippen molar-refractivity contribution in [3.8, 4) is 5.75 Å². The van der Waals surface area contributed by atoms with Crippen molar-refractivity contribution in [2.45, 2.75) is 58.6 Å². The number of benzene rings is 1. The maximum Gasteiger partial charge on any atom is 0.410 e. The van der Waals surface area contributed by atoms with Crippen LogP contribution in [0.3, 0.4) is 0 Å². The highest BCUT2D eigenvalue weighted by atomic mass is 16.6. The summed E-state index contributed by atoms with van der Waals surface area (Å²) in [5, 5.41) is 4.84. The van der Waals surface area contributed by atoms with Crippen LogP contribution < -0.4 is 9.64 Å². The van der Waals surface area contributed by atoms with Gasteiger partial charge >= 0.3 is 6.09 Å². The van der Waals surface area contributed by atoms with Gasteiger partial charge in [-0.15, -0.1) is 0 Å². The van der Waals surface area contributed by atoms with Gasteiger partial charge in [0.15, 0.2) is 11.6 Å². The van der Waals surface area contributed by atoms with E-state index in [-0.39, 0.29) is 11.9 Å². The van der Waals surface area contributed by atoms with E-state index in [1.54, 1.807) is 7.11 Å². The zero-order chi connectivity index (χ0) is 24.3. The number of aromatic nitrogens is 2. The molecule has 1 fully saturated rings. The van der Waals surface area contributed by atoms with Crippen LogP contribution in [0.2, 0.25) is 0 Å². The fourth-order valence-electron chi connectivity index (χ4n) is 4.63. The predicted octanol–water partition coefficient (Wildman–Crippen LogP) is 4.37. The standard InChI is InChI=1S/C26H36N4O4/c1-26(2,3)34-25(32)28-14-11-20(12-15-28)16-29-13-5-6-23(31)22-18-30(27-24(22)29)17-19-7-9-21(33-4)10-8-19/h7-10,18,20H,5-6,11-17H2,1-4H3. The van der Waals surface area contributed by atoms with Crippen LogP contribution in [0.5, 0.6) is 5.75 Å². The number of piperidine rings is 1. The molecule has 0 unspecified atom stereocenters. The number of hydrogen-bond acceptors (Lipinski definition) is 6. The van der Waals surface area contributed by atoms with E-state index in [9.17, 15) is 9.59 Å². The third-order valence-corrected chi connectivity index (χ3v) is 6.42. The zero-order valence-electron chi connectivity index (χ0n) is 20.7. The summed E-state index contributed by atoms with van der Waals surface area (Å²) in [5.74, 6) is 2.23. The molecule has 8 nitrogen and oxygen atoms in total. The highest BCUT2D eigenvalue weighted by Gasteiger charge is 2.30. The molecule has 0 N–H and O–H groups in total. The molecular formula is C26H36N4O4. The van der Waals surface area contributed by atoms with Crippen LogP contribution in [-0.2, 0) is 11.3 Å². The van der Waals surface area contributed by atoms with E-state index in [1.165, 1.54) is 0 Å². The van der Waals surface area contributed by atoms with E-state index >= 15 is 0 Å². The fourth-order valence-corrected chi connectivity index (χ4v) is 4.63.